The molecule has 0 atom stereocenters. The van der Waals surface area contributed by atoms with Gasteiger partial charge in [0.15, 0.2) is 5.69 Å². The molecule has 4 nitrogen and oxygen atoms in total. The summed E-state index contributed by atoms with van der Waals surface area (Å²) in [6, 6.07) is 10.9. The van der Waals surface area contributed by atoms with Gasteiger partial charge >= 0.3 is 6.18 Å². The number of nitrogens with one attached hydrogen (secondary N) is 1. The third-order valence-electron chi connectivity index (χ3n) is 3.64. The predicted octanol–water partition coefficient (Wildman–Crippen LogP) is 4.09. The molecule has 3 aromatic rings. The molecule has 0 saturated carbocycles. The lowest BCUT2D eigenvalue weighted by Crippen LogP contribution is -2.04. The molecule has 0 aliphatic heterocycles. The van der Waals surface area contributed by atoms with Crippen molar-refractivity contribution in [2.24, 2.45) is 0 Å². The molecule has 0 aliphatic carbocycles. The lowest BCUT2D eigenvalue weighted by Gasteiger charge is -2.08. The monoisotopic (exact) mass is 346 g/mol. The smallest absolute Gasteiger partial charge is 0.247 e. The summed E-state index contributed by atoms with van der Waals surface area (Å²) >= 11 is 0. The van der Waals surface area contributed by atoms with E-state index in [0.29, 0.717) is 11.1 Å². The lowest BCUT2D eigenvalue weighted by molar-refractivity contribution is -0.137. The molecule has 1 heterocycles. The number of halogens is 4. The van der Waals surface area contributed by atoms with E-state index >= 15 is 0 Å². The first-order valence-corrected chi connectivity index (χ1v) is 7.14. The Morgan fingerprint density at radius 3 is 2.32 bits per heavy atom. The second-order valence-electron chi connectivity index (χ2n) is 5.33. The van der Waals surface area contributed by atoms with Crippen LogP contribution in [0, 0.1) is 17.1 Å². The number of aromatic amines is 1. The van der Waals surface area contributed by atoms with Crippen LogP contribution in [0.5, 0.6) is 0 Å². The van der Waals surface area contributed by atoms with Crippen LogP contribution in [0.15, 0.2) is 42.5 Å². The van der Waals surface area contributed by atoms with Crippen LogP contribution in [-0.4, -0.2) is 15.4 Å². The molecule has 0 spiro atoms. The third kappa shape index (κ3) is 3.50. The topological polar surface area (TPSA) is 65.4 Å². The van der Waals surface area contributed by atoms with Crippen LogP contribution in [0.2, 0.25) is 0 Å². The van der Waals surface area contributed by atoms with Crippen LogP contribution in [0.25, 0.3) is 11.3 Å². The van der Waals surface area contributed by atoms with Crippen molar-refractivity contribution >= 4 is 0 Å². The summed E-state index contributed by atoms with van der Waals surface area (Å²) in [7, 11) is 0. The van der Waals surface area contributed by atoms with Crippen molar-refractivity contribution in [3.8, 4) is 17.3 Å². The van der Waals surface area contributed by atoms with Crippen molar-refractivity contribution in [2.45, 2.75) is 12.6 Å². The van der Waals surface area contributed by atoms with E-state index in [0.717, 1.165) is 12.1 Å². The van der Waals surface area contributed by atoms with Gasteiger partial charge in [0, 0.05) is 5.56 Å². The van der Waals surface area contributed by atoms with Gasteiger partial charge in [-0.05, 0) is 41.8 Å². The van der Waals surface area contributed by atoms with Crippen molar-refractivity contribution in [3.63, 3.8) is 0 Å². The highest BCUT2D eigenvalue weighted by Gasteiger charge is 2.29. The van der Waals surface area contributed by atoms with Gasteiger partial charge in [0.1, 0.15) is 17.6 Å². The quantitative estimate of drug-likeness (QED) is 0.727. The molecule has 8 heteroatoms. The van der Waals surface area contributed by atoms with E-state index in [2.05, 4.69) is 15.4 Å². The Morgan fingerprint density at radius 2 is 1.72 bits per heavy atom. The molecular formula is C17H10F4N4. The number of benzene rings is 2. The molecular weight excluding hydrogens is 336 g/mol. The van der Waals surface area contributed by atoms with Gasteiger partial charge in [0.25, 0.3) is 0 Å². The molecule has 126 valence electrons. The SMILES string of the molecule is N#Cc1[nH]nnc1-c1ccc(Cc2ccc(C(F)(F)F)cc2)cc1F. The van der Waals surface area contributed by atoms with E-state index in [1.807, 2.05) is 6.07 Å². The second kappa shape index (κ2) is 6.36. The van der Waals surface area contributed by atoms with E-state index in [1.54, 1.807) is 6.07 Å². The normalized spacial score (nSPS) is 11.3. The minimum atomic E-state index is -4.39. The van der Waals surface area contributed by atoms with Crippen molar-refractivity contribution in [2.75, 3.05) is 0 Å². The van der Waals surface area contributed by atoms with Crippen LogP contribution in [0.4, 0.5) is 17.6 Å². The minimum absolute atomic E-state index is 0.0504. The third-order valence-corrected chi connectivity index (χ3v) is 3.64. The van der Waals surface area contributed by atoms with E-state index < -0.39 is 17.6 Å². The van der Waals surface area contributed by atoms with Gasteiger partial charge < -0.3 is 0 Å². The van der Waals surface area contributed by atoms with Crippen molar-refractivity contribution < 1.29 is 17.6 Å². The van der Waals surface area contributed by atoms with E-state index in [1.165, 1.54) is 24.3 Å². The molecule has 0 fully saturated rings. The van der Waals surface area contributed by atoms with E-state index in [9.17, 15) is 17.6 Å². The number of aromatic nitrogens is 3. The standard InChI is InChI=1S/C17H10F4N4/c18-14-8-11(3-6-13(14)16-15(9-22)23-25-24-16)7-10-1-4-12(5-2-10)17(19,20)21/h1-6,8H,7H2,(H,23,24,25). The molecule has 2 aromatic carbocycles. The molecule has 1 aromatic heterocycles. The fourth-order valence-corrected chi connectivity index (χ4v) is 2.40. The number of H-pyrrole nitrogens is 1. The Bertz CT molecular complexity index is 937. The van der Waals surface area contributed by atoms with E-state index in [-0.39, 0.29) is 23.4 Å². The van der Waals surface area contributed by atoms with E-state index in [4.69, 9.17) is 5.26 Å². The van der Waals surface area contributed by atoms with Crippen molar-refractivity contribution in [1.29, 1.82) is 5.26 Å². The van der Waals surface area contributed by atoms with Gasteiger partial charge in [-0.25, -0.2) is 9.49 Å². The molecule has 0 aliphatic rings. The summed E-state index contributed by atoms with van der Waals surface area (Å²) in [5.41, 5.74) is 0.770. The van der Waals surface area contributed by atoms with Crippen molar-refractivity contribution in [1.82, 2.24) is 15.4 Å². The van der Waals surface area contributed by atoms with Crippen LogP contribution in [0.3, 0.4) is 0 Å². The number of alkyl halides is 3. The number of nitrogens with zero attached hydrogens (tertiary/aromatic N) is 3. The number of rotatable bonds is 3. The molecule has 0 bridgehead atoms. The highest BCUT2D eigenvalue weighted by Crippen LogP contribution is 2.30. The highest BCUT2D eigenvalue weighted by atomic mass is 19.4. The average Bonchev–Trinajstić information content (AvgIpc) is 3.03. The Balaban J connectivity index is 1.83. The zero-order valence-electron chi connectivity index (χ0n) is 12.6. The molecule has 0 unspecified atom stereocenters. The summed E-state index contributed by atoms with van der Waals surface area (Å²) in [5, 5.41) is 18.5. The van der Waals surface area contributed by atoms with Crippen LogP contribution < -0.4 is 0 Å². The summed E-state index contributed by atoms with van der Waals surface area (Å²) in [6.45, 7) is 0. The molecule has 3 rings (SSSR count). The largest absolute Gasteiger partial charge is 0.416 e. The maximum atomic E-state index is 14.3. The Morgan fingerprint density at radius 1 is 1.04 bits per heavy atom. The Labute approximate surface area is 139 Å². The maximum Gasteiger partial charge on any atom is 0.416 e. The average molecular weight is 346 g/mol. The molecule has 1 N–H and O–H groups in total. The molecule has 25 heavy (non-hydrogen) atoms. The zero-order chi connectivity index (χ0) is 18.0. The van der Waals surface area contributed by atoms with Gasteiger partial charge in [0.05, 0.1) is 5.56 Å². The maximum absolute atomic E-state index is 14.3. The van der Waals surface area contributed by atoms with Crippen molar-refractivity contribution in [3.05, 3.63) is 70.7 Å². The minimum Gasteiger partial charge on any atom is -0.247 e. The summed E-state index contributed by atoms with van der Waals surface area (Å²) in [4.78, 5) is 0. The highest BCUT2D eigenvalue weighted by molar-refractivity contribution is 5.65. The first-order valence-electron chi connectivity index (χ1n) is 7.14. The first kappa shape index (κ1) is 16.6. The number of nitriles is 1. The molecule has 0 radical (unpaired) electrons. The first-order chi connectivity index (χ1) is 11.9. The Kier molecular flexibility index (Phi) is 4.23. The van der Waals surface area contributed by atoms with Crippen LogP contribution in [0.1, 0.15) is 22.4 Å². The molecule has 0 saturated heterocycles. The Hall–Kier alpha value is -3.21. The lowest BCUT2D eigenvalue weighted by atomic mass is 10.0. The van der Waals surface area contributed by atoms with Crippen LogP contribution in [-0.2, 0) is 12.6 Å². The van der Waals surface area contributed by atoms with Crippen LogP contribution >= 0.6 is 0 Å². The fraction of sp³-hybridized carbons (Fsp3) is 0.118. The summed E-state index contributed by atoms with van der Waals surface area (Å²) in [6.07, 6.45) is -4.11. The van der Waals surface area contributed by atoms with Gasteiger partial charge in [0.2, 0.25) is 0 Å². The van der Waals surface area contributed by atoms with Gasteiger partial charge in [-0.2, -0.15) is 18.4 Å². The van der Waals surface area contributed by atoms with Gasteiger partial charge in [-0.1, -0.05) is 23.4 Å². The number of hydrogen-bond acceptors (Lipinski definition) is 3. The van der Waals surface area contributed by atoms with Gasteiger partial charge in [-0.3, -0.25) is 0 Å². The fourth-order valence-electron chi connectivity index (χ4n) is 2.40. The number of hydrogen-bond donors (Lipinski definition) is 1. The predicted molar refractivity (Wildman–Crippen MR) is 80.7 cm³/mol. The summed E-state index contributed by atoms with van der Waals surface area (Å²) < 4.78 is 52.0. The second-order valence-corrected chi connectivity index (χ2v) is 5.33. The zero-order valence-corrected chi connectivity index (χ0v) is 12.6. The van der Waals surface area contributed by atoms with Gasteiger partial charge in [-0.15, -0.1) is 5.10 Å². The summed E-state index contributed by atoms with van der Waals surface area (Å²) in [5.74, 6) is -0.588. The molecule has 0 amide bonds.